The maximum atomic E-state index is 13.3. The summed E-state index contributed by atoms with van der Waals surface area (Å²) in [5.74, 6) is 1.00. The van der Waals surface area contributed by atoms with Gasteiger partial charge in [0.15, 0.2) is 0 Å². The number of benzene rings is 2. The quantitative estimate of drug-likeness (QED) is 0.684. The highest BCUT2D eigenvalue weighted by Gasteiger charge is 2.25. The van der Waals surface area contributed by atoms with Gasteiger partial charge in [-0.3, -0.25) is 9.69 Å². The van der Waals surface area contributed by atoms with E-state index >= 15 is 0 Å². The van der Waals surface area contributed by atoms with Crippen LogP contribution in [0.2, 0.25) is 0 Å². The number of piperidine rings is 1. The number of likely N-dealkylation sites (tertiary alicyclic amines) is 1. The molecule has 0 aliphatic carbocycles. The summed E-state index contributed by atoms with van der Waals surface area (Å²) >= 11 is 0. The van der Waals surface area contributed by atoms with Crippen molar-refractivity contribution < 1.29 is 24.1 Å². The van der Waals surface area contributed by atoms with Gasteiger partial charge >= 0.3 is 0 Å². The van der Waals surface area contributed by atoms with Crippen LogP contribution in [0.5, 0.6) is 5.75 Å². The monoisotopic (exact) mass is 508 g/mol. The smallest absolute Gasteiger partial charge is 0.253 e. The Balaban J connectivity index is 1.38. The van der Waals surface area contributed by atoms with Gasteiger partial charge in [-0.05, 0) is 66.5 Å². The number of rotatable bonds is 3. The number of carbonyl (C=O) groups is 1. The van der Waals surface area contributed by atoms with E-state index in [0.29, 0.717) is 44.4 Å². The molecule has 2 fully saturated rings. The Bertz CT molecular complexity index is 1040. The summed E-state index contributed by atoms with van der Waals surface area (Å²) in [6.45, 7) is 6.60. The fraction of sp³-hybridized carbons (Fsp3) is 0.567. The molecule has 1 amide bonds. The summed E-state index contributed by atoms with van der Waals surface area (Å²) in [7, 11) is 0. The molecule has 3 heterocycles. The van der Waals surface area contributed by atoms with Crippen molar-refractivity contribution >= 4 is 5.91 Å². The van der Waals surface area contributed by atoms with Crippen molar-refractivity contribution in [2.24, 2.45) is 5.92 Å². The summed E-state index contributed by atoms with van der Waals surface area (Å²) in [6, 6.07) is 15.1. The highest BCUT2D eigenvalue weighted by atomic mass is 16.5. The zero-order valence-electron chi connectivity index (χ0n) is 21.8. The number of carbonyl (C=O) groups excluding carboxylic acids is 1. The van der Waals surface area contributed by atoms with Gasteiger partial charge in [-0.2, -0.15) is 0 Å². The third kappa shape index (κ3) is 6.90. The first-order valence-electron chi connectivity index (χ1n) is 13.8. The predicted molar refractivity (Wildman–Crippen MR) is 142 cm³/mol. The van der Waals surface area contributed by atoms with Gasteiger partial charge in [0.2, 0.25) is 0 Å². The first-order valence-corrected chi connectivity index (χ1v) is 13.8. The fourth-order valence-corrected chi connectivity index (χ4v) is 5.80. The van der Waals surface area contributed by atoms with E-state index in [4.69, 9.17) is 14.2 Å². The molecular formula is C30H40N2O5. The second-order valence-corrected chi connectivity index (χ2v) is 10.5. The second-order valence-electron chi connectivity index (χ2n) is 10.5. The molecule has 3 aliphatic heterocycles. The number of fused-ring (bicyclic) bond motifs is 3. The van der Waals surface area contributed by atoms with Gasteiger partial charge in [-0.1, -0.05) is 24.3 Å². The number of hydrogen-bond donors (Lipinski definition) is 1. The van der Waals surface area contributed by atoms with Crippen LogP contribution in [0.15, 0.2) is 42.5 Å². The van der Waals surface area contributed by atoms with Gasteiger partial charge < -0.3 is 24.2 Å². The average Bonchev–Trinajstić information content (AvgIpc) is 2.94. The van der Waals surface area contributed by atoms with Crippen molar-refractivity contribution in [1.29, 1.82) is 0 Å². The zero-order chi connectivity index (χ0) is 25.5. The summed E-state index contributed by atoms with van der Waals surface area (Å²) in [5.41, 5.74) is 4.20. The third-order valence-electron chi connectivity index (χ3n) is 7.86. The highest BCUT2D eigenvalue weighted by molar-refractivity contribution is 5.94. The lowest BCUT2D eigenvalue weighted by molar-refractivity contribution is 0.0133. The lowest BCUT2D eigenvalue weighted by Crippen LogP contribution is -2.41. The van der Waals surface area contributed by atoms with Crippen molar-refractivity contribution in [1.82, 2.24) is 9.80 Å². The molecule has 200 valence electrons. The molecule has 1 N–H and O–H groups in total. The van der Waals surface area contributed by atoms with E-state index in [1.807, 2.05) is 23.1 Å². The molecule has 0 saturated carbocycles. The molecule has 2 aromatic rings. The lowest BCUT2D eigenvalue weighted by atomic mass is 9.97. The minimum Gasteiger partial charge on any atom is -0.491 e. The minimum atomic E-state index is 0.0320. The van der Waals surface area contributed by atoms with Crippen LogP contribution in [0.1, 0.15) is 52.7 Å². The molecule has 0 radical (unpaired) electrons. The van der Waals surface area contributed by atoms with Crippen LogP contribution in [-0.4, -0.2) is 86.1 Å². The van der Waals surface area contributed by atoms with Crippen LogP contribution >= 0.6 is 0 Å². The first kappa shape index (κ1) is 26.2. The van der Waals surface area contributed by atoms with E-state index in [1.165, 1.54) is 11.1 Å². The van der Waals surface area contributed by atoms with Crippen LogP contribution < -0.4 is 4.74 Å². The van der Waals surface area contributed by atoms with E-state index in [9.17, 15) is 9.90 Å². The van der Waals surface area contributed by atoms with E-state index in [-0.39, 0.29) is 18.4 Å². The first-order chi connectivity index (χ1) is 18.2. The lowest BCUT2D eigenvalue weighted by Gasteiger charge is -2.34. The molecule has 2 aromatic carbocycles. The van der Waals surface area contributed by atoms with Crippen LogP contribution in [-0.2, 0) is 22.4 Å². The Morgan fingerprint density at radius 3 is 2.62 bits per heavy atom. The van der Waals surface area contributed by atoms with E-state index in [1.54, 1.807) is 0 Å². The number of ether oxygens (including phenoxy) is 3. The molecular weight excluding hydrogens is 468 g/mol. The van der Waals surface area contributed by atoms with E-state index in [0.717, 1.165) is 69.8 Å². The maximum absolute atomic E-state index is 13.3. The van der Waals surface area contributed by atoms with Gasteiger partial charge in [0.1, 0.15) is 12.4 Å². The molecule has 7 heteroatoms. The minimum absolute atomic E-state index is 0.0320. The fourth-order valence-electron chi connectivity index (χ4n) is 5.80. The van der Waals surface area contributed by atoms with Crippen LogP contribution in [0.25, 0.3) is 0 Å². The Kier molecular flexibility index (Phi) is 9.10. The zero-order valence-corrected chi connectivity index (χ0v) is 21.8. The molecule has 2 saturated heterocycles. The number of amides is 1. The Morgan fingerprint density at radius 2 is 1.76 bits per heavy atom. The molecule has 0 spiro atoms. The largest absolute Gasteiger partial charge is 0.491 e. The maximum Gasteiger partial charge on any atom is 0.253 e. The third-order valence-corrected chi connectivity index (χ3v) is 7.86. The molecule has 0 aromatic heterocycles. The Hall–Kier alpha value is -2.45. The molecule has 3 aliphatic rings. The van der Waals surface area contributed by atoms with Crippen LogP contribution in [0, 0.1) is 5.92 Å². The molecule has 7 nitrogen and oxygen atoms in total. The second kappa shape index (κ2) is 12.9. The van der Waals surface area contributed by atoms with Crippen LogP contribution in [0.4, 0.5) is 0 Å². The number of hydrogen-bond acceptors (Lipinski definition) is 6. The topological polar surface area (TPSA) is 71.5 Å². The average molecular weight is 509 g/mol. The van der Waals surface area contributed by atoms with Gasteiger partial charge in [0.05, 0.1) is 13.2 Å². The van der Waals surface area contributed by atoms with E-state index in [2.05, 4.69) is 29.2 Å². The summed E-state index contributed by atoms with van der Waals surface area (Å²) in [5, 5.41) is 9.59. The van der Waals surface area contributed by atoms with Crippen molar-refractivity contribution in [3.63, 3.8) is 0 Å². The molecule has 2 bridgehead atoms. The molecule has 1 atom stereocenters. The van der Waals surface area contributed by atoms with E-state index < -0.39 is 0 Å². The number of aliphatic hydroxyl groups is 1. The van der Waals surface area contributed by atoms with Crippen molar-refractivity contribution in [3.8, 4) is 5.75 Å². The van der Waals surface area contributed by atoms with Gasteiger partial charge in [0, 0.05) is 64.0 Å². The number of nitrogens with zero attached hydrogens (tertiary/aromatic N) is 2. The summed E-state index contributed by atoms with van der Waals surface area (Å²) in [6.07, 6.45) is 4.72. The van der Waals surface area contributed by atoms with Crippen molar-refractivity contribution in [2.75, 3.05) is 59.3 Å². The van der Waals surface area contributed by atoms with Gasteiger partial charge in [-0.25, -0.2) is 0 Å². The Labute approximate surface area is 220 Å². The normalized spacial score (nSPS) is 22.5. The SMILES string of the molecule is O=C(c1ccc2c(c1)Cc1cccc(c1)CN(C1CCOCC1)CCOCCO2)N1CCCC(CO)C1. The Morgan fingerprint density at radius 1 is 0.919 bits per heavy atom. The van der Waals surface area contributed by atoms with Gasteiger partial charge in [0.25, 0.3) is 5.91 Å². The van der Waals surface area contributed by atoms with Crippen molar-refractivity contribution in [2.45, 2.75) is 44.7 Å². The van der Waals surface area contributed by atoms with Crippen molar-refractivity contribution in [3.05, 3.63) is 64.7 Å². The predicted octanol–water partition coefficient (Wildman–Crippen LogP) is 3.51. The van der Waals surface area contributed by atoms with Gasteiger partial charge in [-0.15, -0.1) is 0 Å². The summed E-state index contributed by atoms with van der Waals surface area (Å²) in [4.78, 5) is 17.8. The molecule has 37 heavy (non-hydrogen) atoms. The molecule has 5 rings (SSSR count). The van der Waals surface area contributed by atoms with Crippen LogP contribution in [0.3, 0.4) is 0 Å². The highest BCUT2D eigenvalue weighted by Crippen LogP contribution is 2.27. The standard InChI is InChI=1S/C30H40N2O5/c33-22-25-5-2-10-32(21-25)30(34)26-6-7-29-27(19-26)18-23-3-1-4-24(17-23)20-31(11-14-36-15-16-37-29)28-8-12-35-13-9-28/h1,3-4,6-7,17,19,25,28,33H,2,5,8-16,18,20-22H2. The summed E-state index contributed by atoms with van der Waals surface area (Å²) < 4.78 is 17.7. The number of aliphatic hydroxyl groups excluding tert-OH is 1. The molecule has 1 unspecified atom stereocenters.